The zero-order valence-corrected chi connectivity index (χ0v) is 17.1. The fraction of sp³-hybridized carbons (Fsp3) is 0.208. The topological polar surface area (TPSA) is 71.8 Å². The van der Waals surface area contributed by atoms with E-state index >= 15 is 0 Å². The molecular formula is C24H21N5O2. The van der Waals surface area contributed by atoms with Crippen LogP contribution >= 0.6 is 0 Å². The minimum atomic E-state index is 0.0329. The number of fused-ring (bicyclic) bond motifs is 2. The van der Waals surface area contributed by atoms with Gasteiger partial charge in [0.25, 0.3) is 0 Å². The summed E-state index contributed by atoms with van der Waals surface area (Å²) in [6.07, 6.45) is 4.41. The molecule has 4 aromatic rings. The number of benzene rings is 2. The molecule has 1 fully saturated rings. The molecule has 0 aliphatic carbocycles. The third-order valence-electron chi connectivity index (χ3n) is 6.06. The van der Waals surface area contributed by atoms with Crippen LogP contribution in [0.4, 0.5) is 11.5 Å². The van der Waals surface area contributed by atoms with Crippen LogP contribution < -0.4 is 10.2 Å². The second-order valence-electron chi connectivity index (χ2n) is 7.98. The Morgan fingerprint density at radius 3 is 2.74 bits per heavy atom. The first-order chi connectivity index (χ1) is 15.2. The molecule has 0 radical (unpaired) electrons. The largest absolute Gasteiger partial charge is 0.378 e. The molecule has 0 atom stereocenters. The third kappa shape index (κ3) is 2.89. The number of amides is 1. The number of anilines is 2. The van der Waals surface area contributed by atoms with Gasteiger partial charge < -0.3 is 15.0 Å². The van der Waals surface area contributed by atoms with Gasteiger partial charge in [0, 0.05) is 49.4 Å². The van der Waals surface area contributed by atoms with E-state index in [1.165, 1.54) is 0 Å². The lowest BCUT2D eigenvalue weighted by Crippen LogP contribution is -2.52. The molecule has 2 aliphatic rings. The van der Waals surface area contributed by atoms with Crippen LogP contribution in [0.2, 0.25) is 0 Å². The molecule has 6 rings (SSSR count). The third-order valence-corrected chi connectivity index (χ3v) is 6.06. The van der Waals surface area contributed by atoms with E-state index in [1.54, 1.807) is 7.11 Å². The van der Waals surface area contributed by atoms with E-state index in [9.17, 15) is 4.79 Å². The van der Waals surface area contributed by atoms with Crippen molar-refractivity contribution in [2.24, 2.45) is 0 Å². The molecule has 1 saturated heterocycles. The number of hydrogen-bond donors (Lipinski definition) is 1. The number of rotatable bonds is 4. The normalized spacial score (nSPS) is 15.8. The van der Waals surface area contributed by atoms with Gasteiger partial charge in [-0.3, -0.25) is 9.20 Å². The Morgan fingerprint density at radius 2 is 1.94 bits per heavy atom. The standard InChI is InChI=1S/C24H21N5O2/c1-31-18-13-28(14-18)23-24-27-21(15-5-3-2-4-6-15)22(29(24)10-9-25-23)16-7-8-19-17(11-16)12-20(30)26-19/h2-11,18H,12-14H2,1H3,(H,26,30). The van der Waals surface area contributed by atoms with E-state index in [4.69, 9.17) is 9.72 Å². The summed E-state index contributed by atoms with van der Waals surface area (Å²) in [6, 6.07) is 16.3. The molecule has 31 heavy (non-hydrogen) atoms. The maximum absolute atomic E-state index is 11.9. The summed E-state index contributed by atoms with van der Waals surface area (Å²) in [7, 11) is 1.74. The Balaban J connectivity index is 1.56. The van der Waals surface area contributed by atoms with Crippen molar-refractivity contribution in [1.82, 2.24) is 14.4 Å². The highest BCUT2D eigenvalue weighted by molar-refractivity contribution is 6.00. The molecule has 4 heterocycles. The number of ether oxygens (including phenoxy) is 1. The highest BCUT2D eigenvalue weighted by Gasteiger charge is 2.30. The average molecular weight is 411 g/mol. The number of carbonyl (C=O) groups is 1. The quantitative estimate of drug-likeness (QED) is 0.557. The van der Waals surface area contributed by atoms with E-state index in [0.717, 1.165) is 58.3 Å². The van der Waals surface area contributed by atoms with Gasteiger partial charge >= 0.3 is 0 Å². The van der Waals surface area contributed by atoms with Gasteiger partial charge in [-0.2, -0.15) is 0 Å². The van der Waals surface area contributed by atoms with Gasteiger partial charge in [0.2, 0.25) is 5.91 Å². The van der Waals surface area contributed by atoms with Crippen molar-refractivity contribution in [3.05, 3.63) is 66.5 Å². The SMILES string of the molecule is COC1CN(c2nccn3c(-c4ccc5c(c4)CC(=O)N5)c(-c4ccccc4)nc23)C1. The molecule has 2 aliphatic heterocycles. The van der Waals surface area contributed by atoms with Crippen molar-refractivity contribution in [3.8, 4) is 22.5 Å². The number of nitrogens with zero attached hydrogens (tertiary/aromatic N) is 4. The molecule has 7 heteroatoms. The lowest BCUT2D eigenvalue weighted by molar-refractivity contribution is -0.115. The Bertz CT molecular complexity index is 1310. The van der Waals surface area contributed by atoms with Crippen LogP contribution in [0, 0.1) is 0 Å². The summed E-state index contributed by atoms with van der Waals surface area (Å²) in [5.74, 6) is 0.891. The van der Waals surface area contributed by atoms with Crippen molar-refractivity contribution in [2.75, 3.05) is 30.4 Å². The number of carbonyl (C=O) groups excluding carboxylic acids is 1. The summed E-state index contributed by atoms with van der Waals surface area (Å²) >= 11 is 0. The average Bonchev–Trinajstić information content (AvgIpc) is 3.33. The van der Waals surface area contributed by atoms with Crippen molar-refractivity contribution in [3.63, 3.8) is 0 Å². The summed E-state index contributed by atoms with van der Waals surface area (Å²) in [5, 5.41) is 2.91. The molecular weight excluding hydrogens is 390 g/mol. The molecule has 0 saturated carbocycles. The lowest BCUT2D eigenvalue weighted by Gasteiger charge is -2.38. The molecule has 0 unspecified atom stereocenters. The lowest BCUT2D eigenvalue weighted by atomic mass is 10.0. The highest BCUT2D eigenvalue weighted by atomic mass is 16.5. The first-order valence-corrected chi connectivity index (χ1v) is 10.3. The Labute approximate surface area is 179 Å². The summed E-state index contributed by atoms with van der Waals surface area (Å²) < 4.78 is 7.55. The Hall–Kier alpha value is -3.71. The Morgan fingerprint density at radius 1 is 1.10 bits per heavy atom. The first-order valence-electron chi connectivity index (χ1n) is 10.3. The van der Waals surface area contributed by atoms with Crippen LogP contribution in [0.3, 0.4) is 0 Å². The number of imidazole rings is 1. The molecule has 1 amide bonds. The van der Waals surface area contributed by atoms with Crippen LogP contribution in [0.25, 0.3) is 28.2 Å². The van der Waals surface area contributed by atoms with E-state index < -0.39 is 0 Å². The maximum atomic E-state index is 11.9. The van der Waals surface area contributed by atoms with Crippen molar-refractivity contribution < 1.29 is 9.53 Å². The number of aromatic nitrogens is 3. The molecule has 1 N–H and O–H groups in total. The van der Waals surface area contributed by atoms with E-state index in [2.05, 4.69) is 37.8 Å². The van der Waals surface area contributed by atoms with Crippen molar-refractivity contribution >= 4 is 23.1 Å². The van der Waals surface area contributed by atoms with Crippen molar-refractivity contribution in [1.29, 1.82) is 0 Å². The molecule has 0 bridgehead atoms. The zero-order chi connectivity index (χ0) is 20.9. The van der Waals surface area contributed by atoms with Gasteiger partial charge in [-0.15, -0.1) is 0 Å². The maximum Gasteiger partial charge on any atom is 0.228 e. The second-order valence-corrected chi connectivity index (χ2v) is 7.98. The van der Waals surface area contributed by atoms with Crippen LogP contribution in [0.5, 0.6) is 0 Å². The monoisotopic (exact) mass is 411 g/mol. The highest BCUT2D eigenvalue weighted by Crippen LogP contribution is 2.37. The molecule has 154 valence electrons. The number of nitrogens with one attached hydrogen (secondary N) is 1. The predicted molar refractivity (Wildman–Crippen MR) is 119 cm³/mol. The summed E-state index contributed by atoms with van der Waals surface area (Å²) in [4.78, 5) is 23.7. The van der Waals surface area contributed by atoms with Crippen LogP contribution in [-0.4, -0.2) is 46.6 Å². The van der Waals surface area contributed by atoms with Crippen LogP contribution in [0.1, 0.15) is 5.56 Å². The van der Waals surface area contributed by atoms with E-state index in [-0.39, 0.29) is 12.0 Å². The van der Waals surface area contributed by atoms with E-state index in [1.807, 2.05) is 42.7 Å². The van der Waals surface area contributed by atoms with Gasteiger partial charge in [-0.25, -0.2) is 9.97 Å². The van der Waals surface area contributed by atoms with E-state index in [0.29, 0.717) is 6.42 Å². The molecule has 2 aromatic carbocycles. The second kappa shape index (κ2) is 6.92. The number of methoxy groups -OCH3 is 1. The van der Waals surface area contributed by atoms with Crippen LogP contribution in [-0.2, 0) is 16.0 Å². The molecule has 0 spiro atoms. The Kier molecular flexibility index (Phi) is 4.04. The van der Waals surface area contributed by atoms with Gasteiger partial charge in [0.1, 0.15) is 0 Å². The summed E-state index contributed by atoms with van der Waals surface area (Å²) in [5.41, 5.74) is 6.68. The zero-order valence-electron chi connectivity index (χ0n) is 17.1. The molecule has 7 nitrogen and oxygen atoms in total. The summed E-state index contributed by atoms with van der Waals surface area (Å²) in [6.45, 7) is 1.61. The van der Waals surface area contributed by atoms with Crippen molar-refractivity contribution in [2.45, 2.75) is 12.5 Å². The first kappa shape index (κ1) is 18.1. The van der Waals surface area contributed by atoms with Gasteiger partial charge in [0.05, 0.1) is 23.9 Å². The molecule has 2 aromatic heterocycles. The fourth-order valence-corrected chi connectivity index (χ4v) is 4.40. The number of hydrogen-bond acceptors (Lipinski definition) is 5. The smallest absolute Gasteiger partial charge is 0.228 e. The van der Waals surface area contributed by atoms with Gasteiger partial charge in [-0.1, -0.05) is 36.4 Å². The minimum Gasteiger partial charge on any atom is -0.378 e. The van der Waals surface area contributed by atoms with Crippen LogP contribution in [0.15, 0.2) is 60.9 Å². The van der Waals surface area contributed by atoms with Gasteiger partial charge in [0.15, 0.2) is 11.5 Å². The van der Waals surface area contributed by atoms with Gasteiger partial charge in [-0.05, 0) is 17.7 Å². The fourth-order valence-electron chi connectivity index (χ4n) is 4.40. The predicted octanol–water partition coefficient (Wildman–Crippen LogP) is 3.39. The minimum absolute atomic E-state index is 0.0329.